The second-order valence-electron chi connectivity index (χ2n) is 6.44. The maximum atomic E-state index is 12.4. The normalized spacial score (nSPS) is 17.4. The minimum absolute atomic E-state index is 0. The Morgan fingerprint density at radius 1 is 1.24 bits per heavy atom. The molecule has 1 aliphatic rings. The summed E-state index contributed by atoms with van der Waals surface area (Å²) in [6, 6.07) is 2.20. The molecule has 0 radical (unpaired) electrons. The van der Waals surface area contributed by atoms with E-state index < -0.39 is 0 Å². The molecule has 2 unspecified atom stereocenters. The number of hydrogen-bond donors (Lipinski definition) is 1. The molecule has 0 spiro atoms. The molecule has 1 aromatic rings. The molecule has 2 rings (SSSR count). The molecule has 1 aromatic heterocycles. The molecule has 2 N–H and O–H groups in total. The van der Waals surface area contributed by atoms with E-state index in [9.17, 15) is 4.79 Å². The zero-order chi connectivity index (χ0) is 16.1. The Balaban J connectivity index is 0. The minimum Gasteiger partial charge on any atom is -0.342 e. The summed E-state index contributed by atoms with van der Waals surface area (Å²) in [6.45, 7) is 7.83. The predicted molar refractivity (Wildman–Crippen MR) is 109 cm³/mol. The van der Waals surface area contributed by atoms with Crippen molar-refractivity contribution in [3.8, 4) is 0 Å². The maximum absolute atomic E-state index is 12.4. The first-order chi connectivity index (χ1) is 10.5. The van der Waals surface area contributed by atoms with Gasteiger partial charge in [-0.15, -0.1) is 37.2 Å². The van der Waals surface area contributed by atoms with Crippen LogP contribution in [0.4, 0.5) is 0 Å². The summed E-state index contributed by atoms with van der Waals surface area (Å²) < 4.78 is 1.96. The van der Waals surface area contributed by atoms with Crippen LogP contribution < -0.4 is 5.73 Å². The lowest BCUT2D eigenvalue weighted by atomic mass is 9.98. The lowest BCUT2D eigenvalue weighted by Crippen LogP contribution is -2.49. The number of aromatic nitrogens is 2. The summed E-state index contributed by atoms with van der Waals surface area (Å²) in [5.74, 6) is 0.0628. The number of amides is 1. The van der Waals surface area contributed by atoms with Gasteiger partial charge in [-0.25, -0.2) is 0 Å². The van der Waals surface area contributed by atoms with Crippen LogP contribution in [0, 0.1) is 5.92 Å². The number of carbonyl (C=O) groups excluding carboxylic acids is 1. The van der Waals surface area contributed by atoms with Gasteiger partial charge in [-0.3, -0.25) is 9.48 Å². The number of carbonyl (C=O) groups is 1. The highest BCUT2D eigenvalue weighted by molar-refractivity contribution is 5.86. The van der Waals surface area contributed by atoms with E-state index in [2.05, 4.69) is 10.00 Å². The number of piperidine rings is 1. The van der Waals surface area contributed by atoms with Crippen molar-refractivity contribution in [3.63, 3.8) is 0 Å². The van der Waals surface area contributed by atoms with Crippen LogP contribution in [0.2, 0.25) is 0 Å². The number of rotatable bonds is 6. The number of likely N-dealkylation sites (tertiary alicyclic amines) is 1. The van der Waals surface area contributed by atoms with E-state index in [1.54, 1.807) is 0 Å². The van der Waals surface area contributed by atoms with Crippen molar-refractivity contribution in [1.29, 1.82) is 0 Å². The molecule has 1 fully saturated rings. The van der Waals surface area contributed by atoms with Crippen molar-refractivity contribution < 1.29 is 4.79 Å². The monoisotopic (exact) mass is 415 g/mol. The standard InChI is InChI=1S/C16H29N5O.3ClH/c1-13(14(2)17)16(22)19(3)15-5-9-20(10-6-15)11-12-21-8-4-7-18-21;;;/h4,7-8,13-15H,5-6,9-12,17H2,1-3H3;3*1H. The molecular weight excluding hydrogens is 385 g/mol. The van der Waals surface area contributed by atoms with Crippen LogP contribution in [0.25, 0.3) is 0 Å². The van der Waals surface area contributed by atoms with Gasteiger partial charge >= 0.3 is 0 Å². The van der Waals surface area contributed by atoms with E-state index in [0.29, 0.717) is 6.04 Å². The molecule has 9 heteroatoms. The zero-order valence-electron chi connectivity index (χ0n) is 15.2. The van der Waals surface area contributed by atoms with Crippen molar-refractivity contribution in [2.45, 2.75) is 45.3 Å². The third-order valence-corrected chi connectivity index (χ3v) is 4.84. The van der Waals surface area contributed by atoms with Gasteiger partial charge in [-0.05, 0) is 25.8 Å². The van der Waals surface area contributed by atoms with Crippen LogP contribution >= 0.6 is 37.2 Å². The van der Waals surface area contributed by atoms with Crippen molar-refractivity contribution in [2.24, 2.45) is 11.7 Å². The molecule has 1 amide bonds. The van der Waals surface area contributed by atoms with E-state index in [1.165, 1.54) is 0 Å². The molecule has 148 valence electrons. The van der Waals surface area contributed by atoms with Crippen LogP contribution in [0.5, 0.6) is 0 Å². The lowest BCUT2D eigenvalue weighted by Gasteiger charge is -2.38. The Morgan fingerprint density at radius 3 is 2.32 bits per heavy atom. The van der Waals surface area contributed by atoms with Crippen LogP contribution in [0.1, 0.15) is 26.7 Å². The fourth-order valence-corrected chi connectivity index (χ4v) is 2.93. The first-order valence-corrected chi connectivity index (χ1v) is 8.21. The Bertz CT molecular complexity index is 464. The second kappa shape index (κ2) is 12.8. The quantitative estimate of drug-likeness (QED) is 0.770. The fraction of sp³-hybridized carbons (Fsp3) is 0.750. The van der Waals surface area contributed by atoms with Gasteiger partial charge in [0.15, 0.2) is 0 Å². The van der Waals surface area contributed by atoms with Crippen LogP contribution in [0.3, 0.4) is 0 Å². The van der Waals surface area contributed by atoms with E-state index in [4.69, 9.17) is 5.73 Å². The van der Waals surface area contributed by atoms with E-state index in [0.717, 1.165) is 39.0 Å². The van der Waals surface area contributed by atoms with E-state index in [1.807, 2.05) is 48.9 Å². The average Bonchev–Trinajstić information content (AvgIpc) is 3.04. The third-order valence-electron chi connectivity index (χ3n) is 4.84. The molecule has 0 aliphatic carbocycles. The first kappa shape index (κ1) is 26.7. The van der Waals surface area contributed by atoms with Gasteiger partial charge in [0.2, 0.25) is 5.91 Å². The Kier molecular flexibility index (Phi) is 13.6. The summed E-state index contributed by atoms with van der Waals surface area (Å²) in [6.07, 6.45) is 5.88. The minimum atomic E-state index is -0.108. The Labute approximate surface area is 169 Å². The number of halogens is 3. The molecule has 2 heterocycles. The number of hydrogen-bond acceptors (Lipinski definition) is 4. The SMILES string of the molecule is CC(N)C(C)C(=O)N(C)C1CCN(CCn2cccn2)CC1.Cl.Cl.Cl. The van der Waals surface area contributed by atoms with Gasteiger partial charge in [0.05, 0.1) is 12.5 Å². The highest BCUT2D eigenvalue weighted by atomic mass is 35.5. The smallest absolute Gasteiger partial charge is 0.226 e. The molecule has 0 saturated carbocycles. The van der Waals surface area contributed by atoms with Crippen molar-refractivity contribution in [3.05, 3.63) is 18.5 Å². The lowest BCUT2D eigenvalue weighted by molar-refractivity contribution is -0.137. The molecule has 0 aromatic carbocycles. The van der Waals surface area contributed by atoms with Crippen molar-refractivity contribution in [1.82, 2.24) is 19.6 Å². The van der Waals surface area contributed by atoms with Gasteiger partial charge in [-0.2, -0.15) is 5.10 Å². The average molecular weight is 417 g/mol. The summed E-state index contributed by atoms with van der Waals surface area (Å²) in [4.78, 5) is 16.7. The van der Waals surface area contributed by atoms with E-state index in [-0.39, 0.29) is 55.1 Å². The molecule has 1 saturated heterocycles. The van der Waals surface area contributed by atoms with Gasteiger partial charge in [0, 0.05) is 51.2 Å². The summed E-state index contributed by atoms with van der Waals surface area (Å²) in [5.41, 5.74) is 5.85. The van der Waals surface area contributed by atoms with Crippen molar-refractivity contribution in [2.75, 3.05) is 26.7 Å². The van der Waals surface area contributed by atoms with E-state index >= 15 is 0 Å². The highest BCUT2D eigenvalue weighted by Gasteiger charge is 2.28. The largest absolute Gasteiger partial charge is 0.342 e. The van der Waals surface area contributed by atoms with Gasteiger partial charge in [0.25, 0.3) is 0 Å². The van der Waals surface area contributed by atoms with Crippen LogP contribution in [-0.4, -0.2) is 64.3 Å². The van der Waals surface area contributed by atoms with Crippen LogP contribution in [0.15, 0.2) is 18.5 Å². The summed E-state index contributed by atoms with van der Waals surface area (Å²) in [5, 5.41) is 4.23. The molecule has 2 atom stereocenters. The highest BCUT2D eigenvalue weighted by Crippen LogP contribution is 2.18. The molecular formula is C16H32Cl3N5O. The first-order valence-electron chi connectivity index (χ1n) is 8.21. The summed E-state index contributed by atoms with van der Waals surface area (Å²) >= 11 is 0. The number of nitrogens with zero attached hydrogens (tertiary/aromatic N) is 4. The summed E-state index contributed by atoms with van der Waals surface area (Å²) in [7, 11) is 1.92. The third kappa shape index (κ3) is 7.71. The Hall–Kier alpha value is -0.530. The molecule has 6 nitrogen and oxygen atoms in total. The fourth-order valence-electron chi connectivity index (χ4n) is 2.93. The van der Waals surface area contributed by atoms with Gasteiger partial charge in [-0.1, -0.05) is 6.92 Å². The second-order valence-corrected chi connectivity index (χ2v) is 6.44. The molecule has 0 bridgehead atoms. The maximum Gasteiger partial charge on any atom is 0.226 e. The van der Waals surface area contributed by atoms with Gasteiger partial charge < -0.3 is 15.5 Å². The predicted octanol–water partition coefficient (Wildman–Crippen LogP) is 2.05. The van der Waals surface area contributed by atoms with Gasteiger partial charge in [0.1, 0.15) is 0 Å². The van der Waals surface area contributed by atoms with Crippen molar-refractivity contribution >= 4 is 43.1 Å². The molecule has 1 aliphatic heterocycles. The van der Waals surface area contributed by atoms with Crippen LogP contribution in [-0.2, 0) is 11.3 Å². The topological polar surface area (TPSA) is 67.4 Å². The molecule has 25 heavy (non-hydrogen) atoms. The zero-order valence-corrected chi connectivity index (χ0v) is 17.7. The number of nitrogens with two attached hydrogens (primary N) is 1. The Morgan fingerprint density at radius 2 is 1.84 bits per heavy atom.